The molecule has 94 valence electrons. The number of anilines is 1. The zero-order valence-corrected chi connectivity index (χ0v) is 10.5. The summed E-state index contributed by atoms with van der Waals surface area (Å²) in [4.78, 5) is 12.8. The van der Waals surface area contributed by atoms with Crippen LogP contribution < -0.4 is 5.32 Å². The Morgan fingerprint density at radius 3 is 2.61 bits per heavy atom. The molecule has 0 aliphatic carbocycles. The van der Waals surface area contributed by atoms with Crippen LogP contribution in [-0.2, 0) is 13.2 Å². The van der Waals surface area contributed by atoms with Crippen LogP contribution in [0.15, 0.2) is 24.3 Å². The zero-order valence-electron chi connectivity index (χ0n) is 10.5. The number of aromatic nitrogens is 3. The Balaban J connectivity index is 2.06. The Kier molecular flexibility index (Phi) is 3.84. The first-order chi connectivity index (χ1) is 8.67. The van der Waals surface area contributed by atoms with Gasteiger partial charge in [0.25, 0.3) is 0 Å². The van der Waals surface area contributed by atoms with E-state index in [1.807, 2.05) is 32.0 Å². The van der Waals surface area contributed by atoms with Crippen LogP contribution in [0.4, 0.5) is 5.82 Å². The number of nitrogens with zero attached hydrogens (tertiary/aromatic N) is 3. The summed E-state index contributed by atoms with van der Waals surface area (Å²) in [5.74, 6) is 1.53. The molecule has 5 heteroatoms. The van der Waals surface area contributed by atoms with Crippen LogP contribution in [0.1, 0.15) is 22.9 Å². The standard InChI is InChI=1S/C13H16N4O/c1-9-6-13(16-10(2)15-9)14-7-11-4-3-5-12(8-18)17-11/h3-6,18H,7-8H2,1-2H3,(H,14,15,16). The first-order valence-corrected chi connectivity index (χ1v) is 5.79. The molecule has 0 fully saturated rings. The Morgan fingerprint density at radius 2 is 1.89 bits per heavy atom. The molecule has 2 aromatic heterocycles. The zero-order chi connectivity index (χ0) is 13.0. The van der Waals surface area contributed by atoms with Crippen molar-refractivity contribution in [1.82, 2.24) is 15.0 Å². The topological polar surface area (TPSA) is 70.9 Å². The number of pyridine rings is 1. The molecule has 0 aliphatic rings. The minimum Gasteiger partial charge on any atom is -0.390 e. The normalized spacial score (nSPS) is 10.4. The van der Waals surface area contributed by atoms with Crippen LogP contribution >= 0.6 is 0 Å². The van der Waals surface area contributed by atoms with Gasteiger partial charge in [0.2, 0.25) is 0 Å². The fourth-order valence-electron chi connectivity index (χ4n) is 1.70. The summed E-state index contributed by atoms with van der Waals surface area (Å²) in [5.41, 5.74) is 2.47. The maximum atomic E-state index is 9.02. The highest BCUT2D eigenvalue weighted by Crippen LogP contribution is 2.08. The Bertz CT molecular complexity index is 522. The predicted molar refractivity (Wildman–Crippen MR) is 69.0 cm³/mol. The van der Waals surface area contributed by atoms with Crippen LogP contribution in [0.2, 0.25) is 0 Å². The number of rotatable bonds is 4. The molecule has 0 unspecified atom stereocenters. The van der Waals surface area contributed by atoms with Crippen molar-refractivity contribution in [1.29, 1.82) is 0 Å². The molecular formula is C13H16N4O. The monoisotopic (exact) mass is 244 g/mol. The van der Waals surface area contributed by atoms with Crippen molar-refractivity contribution in [2.24, 2.45) is 0 Å². The van der Waals surface area contributed by atoms with Gasteiger partial charge in [-0.15, -0.1) is 0 Å². The molecule has 0 bridgehead atoms. The van der Waals surface area contributed by atoms with Crippen LogP contribution in [0.5, 0.6) is 0 Å². The van der Waals surface area contributed by atoms with Crippen LogP contribution in [0.3, 0.4) is 0 Å². The van der Waals surface area contributed by atoms with Gasteiger partial charge in [0.1, 0.15) is 11.6 Å². The average molecular weight is 244 g/mol. The number of hydrogen-bond acceptors (Lipinski definition) is 5. The maximum Gasteiger partial charge on any atom is 0.130 e. The van der Waals surface area contributed by atoms with E-state index >= 15 is 0 Å². The van der Waals surface area contributed by atoms with Gasteiger partial charge in [0.15, 0.2) is 0 Å². The lowest BCUT2D eigenvalue weighted by atomic mass is 10.3. The third-order valence-corrected chi connectivity index (χ3v) is 2.44. The van der Waals surface area contributed by atoms with Crippen LogP contribution in [0.25, 0.3) is 0 Å². The highest BCUT2D eigenvalue weighted by atomic mass is 16.3. The predicted octanol–water partition coefficient (Wildman–Crippen LogP) is 1.59. The fraction of sp³-hybridized carbons (Fsp3) is 0.308. The maximum absolute atomic E-state index is 9.02. The summed E-state index contributed by atoms with van der Waals surface area (Å²) in [6.07, 6.45) is 0. The van der Waals surface area contributed by atoms with Crippen molar-refractivity contribution in [2.45, 2.75) is 27.0 Å². The van der Waals surface area contributed by atoms with Crippen molar-refractivity contribution >= 4 is 5.82 Å². The van der Waals surface area contributed by atoms with Crippen LogP contribution in [-0.4, -0.2) is 20.1 Å². The third kappa shape index (κ3) is 3.24. The molecule has 0 spiro atoms. The second-order valence-electron chi connectivity index (χ2n) is 4.07. The summed E-state index contributed by atoms with van der Waals surface area (Å²) in [6, 6.07) is 7.48. The van der Waals surface area contributed by atoms with Crippen LogP contribution in [0, 0.1) is 13.8 Å². The van der Waals surface area contributed by atoms with Crippen molar-refractivity contribution in [2.75, 3.05) is 5.32 Å². The second-order valence-corrected chi connectivity index (χ2v) is 4.07. The molecule has 0 saturated carbocycles. The van der Waals surface area contributed by atoms with Gasteiger partial charge in [-0.3, -0.25) is 4.98 Å². The van der Waals surface area contributed by atoms with Gasteiger partial charge in [-0.2, -0.15) is 0 Å². The molecule has 0 saturated heterocycles. The Morgan fingerprint density at radius 1 is 1.11 bits per heavy atom. The molecule has 2 N–H and O–H groups in total. The van der Waals surface area contributed by atoms with E-state index in [4.69, 9.17) is 5.11 Å². The van der Waals surface area contributed by atoms with Gasteiger partial charge in [-0.25, -0.2) is 9.97 Å². The van der Waals surface area contributed by atoms with Gasteiger partial charge in [0.05, 0.1) is 24.5 Å². The number of hydrogen-bond donors (Lipinski definition) is 2. The summed E-state index contributed by atoms with van der Waals surface area (Å²) in [5, 5.41) is 12.2. The lowest BCUT2D eigenvalue weighted by Crippen LogP contribution is -2.06. The summed E-state index contributed by atoms with van der Waals surface area (Å²) in [6.45, 7) is 4.33. The number of aryl methyl sites for hydroxylation is 2. The lowest BCUT2D eigenvalue weighted by Gasteiger charge is -2.07. The lowest BCUT2D eigenvalue weighted by molar-refractivity contribution is 0.276. The molecule has 2 rings (SSSR count). The van der Waals surface area contributed by atoms with E-state index in [9.17, 15) is 0 Å². The molecule has 2 aromatic rings. The molecule has 0 aliphatic heterocycles. The highest BCUT2D eigenvalue weighted by Gasteiger charge is 2.00. The summed E-state index contributed by atoms with van der Waals surface area (Å²) in [7, 11) is 0. The molecule has 18 heavy (non-hydrogen) atoms. The van der Waals surface area contributed by atoms with Crippen molar-refractivity contribution in [3.8, 4) is 0 Å². The van der Waals surface area contributed by atoms with E-state index < -0.39 is 0 Å². The molecule has 0 radical (unpaired) electrons. The number of nitrogens with one attached hydrogen (secondary N) is 1. The Hall–Kier alpha value is -2.01. The van der Waals surface area contributed by atoms with E-state index in [-0.39, 0.29) is 6.61 Å². The van der Waals surface area contributed by atoms with Gasteiger partial charge < -0.3 is 10.4 Å². The van der Waals surface area contributed by atoms with Crippen molar-refractivity contribution in [3.05, 3.63) is 47.2 Å². The van der Waals surface area contributed by atoms with E-state index in [2.05, 4.69) is 20.3 Å². The second kappa shape index (κ2) is 5.55. The Labute approximate surface area is 106 Å². The van der Waals surface area contributed by atoms with Crippen molar-refractivity contribution in [3.63, 3.8) is 0 Å². The van der Waals surface area contributed by atoms with Crippen molar-refractivity contribution < 1.29 is 5.11 Å². The molecule has 0 aromatic carbocycles. The summed E-state index contributed by atoms with van der Waals surface area (Å²) >= 11 is 0. The highest BCUT2D eigenvalue weighted by molar-refractivity contribution is 5.36. The molecular weight excluding hydrogens is 228 g/mol. The van der Waals surface area contributed by atoms with E-state index in [1.165, 1.54) is 0 Å². The van der Waals surface area contributed by atoms with Gasteiger partial charge in [0, 0.05) is 11.8 Å². The largest absolute Gasteiger partial charge is 0.390 e. The SMILES string of the molecule is Cc1cc(NCc2cccc(CO)n2)nc(C)n1. The quantitative estimate of drug-likeness (QED) is 0.854. The smallest absolute Gasteiger partial charge is 0.130 e. The minimum absolute atomic E-state index is 0.0421. The number of aliphatic hydroxyl groups is 1. The average Bonchev–Trinajstić information content (AvgIpc) is 2.35. The van der Waals surface area contributed by atoms with E-state index in [0.29, 0.717) is 12.2 Å². The van der Waals surface area contributed by atoms with E-state index in [1.54, 1.807) is 6.07 Å². The summed E-state index contributed by atoms with van der Waals surface area (Å²) < 4.78 is 0. The van der Waals surface area contributed by atoms with E-state index in [0.717, 1.165) is 23.0 Å². The third-order valence-electron chi connectivity index (χ3n) is 2.44. The first-order valence-electron chi connectivity index (χ1n) is 5.79. The van der Waals surface area contributed by atoms with Gasteiger partial charge in [-0.1, -0.05) is 6.07 Å². The first kappa shape index (κ1) is 12.4. The minimum atomic E-state index is -0.0421. The fourth-order valence-corrected chi connectivity index (χ4v) is 1.70. The molecule has 2 heterocycles. The molecule has 0 amide bonds. The molecule has 0 atom stereocenters. The number of aliphatic hydroxyl groups excluding tert-OH is 1. The van der Waals surface area contributed by atoms with Gasteiger partial charge in [-0.05, 0) is 26.0 Å². The molecule has 5 nitrogen and oxygen atoms in total. The van der Waals surface area contributed by atoms with Gasteiger partial charge >= 0.3 is 0 Å².